The third-order valence-corrected chi connectivity index (χ3v) is 7.05. The van der Waals surface area contributed by atoms with Crippen LogP contribution >= 0.6 is 0 Å². The first-order valence-electron chi connectivity index (χ1n) is 13.2. The second-order valence-electron chi connectivity index (χ2n) is 10.6. The number of aromatic nitrogens is 4. The molecule has 1 amide bonds. The maximum absolute atomic E-state index is 14.0. The molecule has 2 aliphatic rings. The number of fused-ring (bicyclic) bond motifs is 3. The van der Waals surface area contributed by atoms with E-state index in [1.165, 1.54) is 0 Å². The Hall–Kier alpha value is -3.33. The van der Waals surface area contributed by atoms with E-state index in [1.807, 2.05) is 49.4 Å². The summed E-state index contributed by atoms with van der Waals surface area (Å²) in [4.78, 5) is 21.0. The molecule has 1 fully saturated rings. The number of imidazole rings is 1. The van der Waals surface area contributed by atoms with Gasteiger partial charge < -0.3 is 19.1 Å². The van der Waals surface area contributed by atoms with E-state index in [-0.39, 0.29) is 12.0 Å². The van der Waals surface area contributed by atoms with Crippen molar-refractivity contribution in [3.63, 3.8) is 0 Å². The number of benzene rings is 1. The minimum atomic E-state index is -0.409. The van der Waals surface area contributed by atoms with Crippen LogP contribution in [-0.2, 0) is 24.1 Å². The molecule has 5 rings (SSSR count). The average Bonchev–Trinajstić information content (AvgIpc) is 3.47. The third-order valence-electron chi connectivity index (χ3n) is 7.05. The monoisotopic (exact) mass is 507 g/mol. The number of ether oxygens (including phenoxy) is 3. The Morgan fingerprint density at radius 1 is 1.22 bits per heavy atom. The SMILES string of the molecule is CCCn1nccc1-c1nc(C(=O)N2CCOCC2(C)C)c2n1-c1cc(OC(C)C)c(OC)cc1CC2. The van der Waals surface area contributed by atoms with Crippen LogP contribution in [0.15, 0.2) is 24.4 Å². The van der Waals surface area contributed by atoms with Crippen LogP contribution in [0.4, 0.5) is 0 Å². The van der Waals surface area contributed by atoms with Gasteiger partial charge >= 0.3 is 0 Å². The van der Waals surface area contributed by atoms with Crippen molar-refractivity contribution in [2.24, 2.45) is 0 Å². The number of methoxy groups -OCH3 is 1. The Kier molecular flexibility index (Phi) is 6.74. The number of rotatable bonds is 7. The summed E-state index contributed by atoms with van der Waals surface area (Å²) in [6.07, 6.45) is 4.20. The highest BCUT2D eigenvalue weighted by Crippen LogP contribution is 2.40. The van der Waals surface area contributed by atoms with Crippen molar-refractivity contribution in [1.29, 1.82) is 0 Å². The van der Waals surface area contributed by atoms with Crippen molar-refractivity contribution >= 4 is 5.91 Å². The molecule has 0 atom stereocenters. The van der Waals surface area contributed by atoms with Gasteiger partial charge in [-0.25, -0.2) is 4.98 Å². The highest BCUT2D eigenvalue weighted by atomic mass is 16.5. The molecule has 9 heteroatoms. The van der Waals surface area contributed by atoms with Crippen molar-refractivity contribution in [3.8, 4) is 28.7 Å². The zero-order chi connectivity index (χ0) is 26.3. The van der Waals surface area contributed by atoms with E-state index in [2.05, 4.69) is 22.7 Å². The van der Waals surface area contributed by atoms with Gasteiger partial charge in [-0.1, -0.05) is 6.92 Å². The molecule has 0 unspecified atom stereocenters. The van der Waals surface area contributed by atoms with Gasteiger partial charge in [-0.3, -0.25) is 14.0 Å². The molecule has 0 N–H and O–H groups in total. The molecule has 0 spiro atoms. The normalized spacial score (nSPS) is 16.5. The van der Waals surface area contributed by atoms with Crippen molar-refractivity contribution in [2.75, 3.05) is 26.9 Å². The standard InChI is InChI=1S/C28H37N5O4/c1-7-12-32-21(10-11-29-32)26-30-25(27(34)31-13-14-36-17-28(31,4)5)20-9-8-19-15-23(35-6)24(37-18(2)3)16-22(19)33(20)26/h10-11,15-16,18H,7-9,12-14,17H2,1-6H3. The molecular formula is C28H37N5O4. The zero-order valence-corrected chi connectivity index (χ0v) is 22.7. The van der Waals surface area contributed by atoms with Gasteiger partial charge in [0.1, 0.15) is 5.69 Å². The van der Waals surface area contributed by atoms with Crippen molar-refractivity contribution in [2.45, 2.75) is 72.1 Å². The fourth-order valence-corrected chi connectivity index (χ4v) is 5.32. The molecule has 198 valence electrons. The van der Waals surface area contributed by atoms with Gasteiger partial charge in [-0.05, 0) is 64.7 Å². The minimum Gasteiger partial charge on any atom is -0.493 e. The lowest BCUT2D eigenvalue weighted by molar-refractivity contribution is -0.0373. The van der Waals surface area contributed by atoms with Crippen LogP contribution in [0.25, 0.3) is 17.2 Å². The molecule has 2 aliphatic heterocycles. The second-order valence-corrected chi connectivity index (χ2v) is 10.6. The molecule has 37 heavy (non-hydrogen) atoms. The van der Waals surface area contributed by atoms with Crippen molar-refractivity contribution in [1.82, 2.24) is 24.2 Å². The maximum atomic E-state index is 14.0. The molecule has 1 aromatic carbocycles. The van der Waals surface area contributed by atoms with Crippen LogP contribution in [-0.4, -0.2) is 68.6 Å². The molecule has 4 heterocycles. The number of hydrogen-bond donors (Lipinski definition) is 0. The van der Waals surface area contributed by atoms with Crippen LogP contribution in [0.3, 0.4) is 0 Å². The van der Waals surface area contributed by atoms with E-state index in [9.17, 15) is 4.79 Å². The summed E-state index contributed by atoms with van der Waals surface area (Å²) in [6.45, 7) is 12.5. The highest BCUT2D eigenvalue weighted by molar-refractivity contribution is 5.95. The first-order chi connectivity index (χ1) is 17.7. The molecular weight excluding hydrogens is 470 g/mol. The summed E-state index contributed by atoms with van der Waals surface area (Å²) in [7, 11) is 1.66. The molecule has 1 saturated heterocycles. The van der Waals surface area contributed by atoms with Crippen molar-refractivity contribution < 1.29 is 19.0 Å². The van der Waals surface area contributed by atoms with Gasteiger partial charge in [0.05, 0.1) is 43.3 Å². The predicted molar refractivity (Wildman–Crippen MR) is 141 cm³/mol. The van der Waals surface area contributed by atoms with Gasteiger partial charge in [0, 0.05) is 25.4 Å². The lowest BCUT2D eigenvalue weighted by Gasteiger charge is -2.41. The van der Waals surface area contributed by atoms with E-state index in [0.29, 0.717) is 43.4 Å². The van der Waals surface area contributed by atoms with Gasteiger partial charge in [0.25, 0.3) is 5.91 Å². The maximum Gasteiger partial charge on any atom is 0.274 e. The zero-order valence-electron chi connectivity index (χ0n) is 22.7. The number of hydrogen-bond acceptors (Lipinski definition) is 6. The quantitative estimate of drug-likeness (QED) is 0.474. The van der Waals surface area contributed by atoms with Crippen LogP contribution in [0, 0.1) is 0 Å². The molecule has 0 saturated carbocycles. The van der Waals surface area contributed by atoms with Gasteiger partial charge in [-0.2, -0.15) is 5.10 Å². The Morgan fingerprint density at radius 3 is 2.73 bits per heavy atom. The summed E-state index contributed by atoms with van der Waals surface area (Å²) < 4.78 is 21.6. The van der Waals surface area contributed by atoms with Crippen LogP contribution in [0.1, 0.15) is 62.8 Å². The fourth-order valence-electron chi connectivity index (χ4n) is 5.32. The molecule has 0 aliphatic carbocycles. The Morgan fingerprint density at radius 2 is 2.03 bits per heavy atom. The van der Waals surface area contributed by atoms with E-state index >= 15 is 0 Å². The molecule has 0 radical (unpaired) electrons. The van der Waals surface area contributed by atoms with Gasteiger partial charge in [0.15, 0.2) is 23.0 Å². The third kappa shape index (κ3) is 4.50. The smallest absolute Gasteiger partial charge is 0.274 e. The van der Waals surface area contributed by atoms with Gasteiger partial charge in [-0.15, -0.1) is 0 Å². The topological polar surface area (TPSA) is 83.6 Å². The van der Waals surface area contributed by atoms with Crippen molar-refractivity contribution in [3.05, 3.63) is 41.3 Å². The summed E-state index contributed by atoms with van der Waals surface area (Å²) in [5.74, 6) is 2.05. The summed E-state index contributed by atoms with van der Waals surface area (Å²) in [5, 5.41) is 4.55. The predicted octanol–water partition coefficient (Wildman–Crippen LogP) is 4.29. The Bertz CT molecular complexity index is 1310. The minimum absolute atomic E-state index is 0.0102. The Balaban J connectivity index is 1.72. The first kappa shape index (κ1) is 25.3. The van der Waals surface area contributed by atoms with E-state index < -0.39 is 5.54 Å². The summed E-state index contributed by atoms with van der Waals surface area (Å²) >= 11 is 0. The number of carbonyl (C=O) groups is 1. The largest absolute Gasteiger partial charge is 0.493 e. The number of nitrogens with zero attached hydrogens (tertiary/aromatic N) is 5. The Labute approximate surface area is 218 Å². The number of amides is 1. The van der Waals surface area contributed by atoms with E-state index in [4.69, 9.17) is 19.2 Å². The van der Waals surface area contributed by atoms with Crippen LogP contribution < -0.4 is 9.47 Å². The van der Waals surface area contributed by atoms with E-state index in [1.54, 1.807) is 13.3 Å². The first-order valence-corrected chi connectivity index (χ1v) is 13.2. The summed E-state index contributed by atoms with van der Waals surface area (Å²) in [5.41, 5.74) is 3.99. The lowest BCUT2D eigenvalue weighted by Crippen LogP contribution is -2.55. The fraction of sp³-hybridized carbons (Fsp3) is 0.536. The molecule has 2 aromatic heterocycles. The van der Waals surface area contributed by atoms with Crippen LogP contribution in [0.2, 0.25) is 0 Å². The van der Waals surface area contributed by atoms with E-state index in [0.717, 1.165) is 47.8 Å². The van der Waals surface area contributed by atoms with Crippen LogP contribution in [0.5, 0.6) is 11.5 Å². The average molecular weight is 508 g/mol. The number of aryl methyl sites for hydroxylation is 2. The molecule has 9 nitrogen and oxygen atoms in total. The molecule has 0 bridgehead atoms. The second kappa shape index (κ2) is 9.85. The highest BCUT2D eigenvalue weighted by Gasteiger charge is 2.39. The number of carbonyl (C=O) groups excluding carboxylic acids is 1. The summed E-state index contributed by atoms with van der Waals surface area (Å²) in [6, 6.07) is 6.05. The van der Waals surface area contributed by atoms with Gasteiger partial charge in [0.2, 0.25) is 0 Å². The molecule has 3 aromatic rings. The number of morpholine rings is 1. The lowest BCUT2D eigenvalue weighted by atomic mass is 9.98.